The molecule has 2 fully saturated rings. The molecular weight excluding hydrogens is 260 g/mol. The molecule has 2 rings (SSSR count). The molecule has 6 nitrogen and oxygen atoms in total. The molecule has 6 heteroatoms. The van der Waals surface area contributed by atoms with E-state index in [4.69, 9.17) is 9.84 Å². The quantitative estimate of drug-likeness (QED) is 0.747. The lowest BCUT2D eigenvalue weighted by Crippen LogP contribution is -2.56. The molecule has 1 saturated heterocycles. The number of ether oxygens (including phenoxy) is 1. The lowest BCUT2D eigenvalue weighted by molar-refractivity contribution is -0.140. The van der Waals surface area contributed by atoms with E-state index in [1.54, 1.807) is 0 Å². The Balaban J connectivity index is 1.70. The fourth-order valence-corrected chi connectivity index (χ4v) is 2.97. The van der Waals surface area contributed by atoms with E-state index in [1.165, 1.54) is 0 Å². The first-order chi connectivity index (χ1) is 9.49. The van der Waals surface area contributed by atoms with Crippen molar-refractivity contribution in [1.82, 2.24) is 10.2 Å². The van der Waals surface area contributed by atoms with Crippen LogP contribution in [0.5, 0.6) is 0 Å². The average Bonchev–Trinajstić information content (AvgIpc) is 2.77. The Hall–Kier alpha value is -1.14. The topological polar surface area (TPSA) is 78.9 Å². The lowest BCUT2D eigenvalue weighted by atomic mass is 9.85. The zero-order valence-corrected chi connectivity index (χ0v) is 12.2. The number of likely N-dealkylation sites (N-methyl/N-ethyl adjacent to an activating group) is 1. The van der Waals surface area contributed by atoms with E-state index in [2.05, 4.69) is 5.32 Å². The number of hydrogen-bond donors (Lipinski definition) is 2. The minimum atomic E-state index is -0.798. The Labute approximate surface area is 119 Å². The number of carboxylic acids is 1. The van der Waals surface area contributed by atoms with Crippen molar-refractivity contribution >= 4 is 11.9 Å². The van der Waals surface area contributed by atoms with Gasteiger partial charge in [0, 0.05) is 12.1 Å². The standard InChI is InChI=1S/C14H24N2O4/c1-3-16(8-13(17)18)11-6-10(7-11)15-14(19)12-5-4-9(2)20-12/h9-12H,3-8H2,1-2H3,(H,15,19)(H,17,18)/t9-,10?,11?,12-/m0/s1. The SMILES string of the molecule is CCN(CC(=O)O)C1CC(NC(=O)[C@@H]2CC[C@H](C)O2)C1. The Morgan fingerprint density at radius 2 is 2.05 bits per heavy atom. The largest absolute Gasteiger partial charge is 0.480 e. The second-order valence-corrected chi connectivity index (χ2v) is 5.80. The van der Waals surface area contributed by atoms with Crippen molar-refractivity contribution in [3.05, 3.63) is 0 Å². The summed E-state index contributed by atoms with van der Waals surface area (Å²) in [5.41, 5.74) is 0. The number of hydrogen-bond acceptors (Lipinski definition) is 4. The Kier molecular flexibility index (Phi) is 4.99. The molecule has 0 spiro atoms. The van der Waals surface area contributed by atoms with Gasteiger partial charge in [0.05, 0.1) is 12.6 Å². The molecule has 0 unspecified atom stereocenters. The third-order valence-corrected chi connectivity index (χ3v) is 4.24. The highest BCUT2D eigenvalue weighted by Crippen LogP contribution is 2.26. The van der Waals surface area contributed by atoms with Gasteiger partial charge in [-0.1, -0.05) is 6.92 Å². The number of nitrogens with one attached hydrogen (secondary N) is 1. The first-order valence-electron chi connectivity index (χ1n) is 7.41. The maximum atomic E-state index is 12.0. The molecule has 1 aliphatic heterocycles. The van der Waals surface area contributed by atoms with E-state index in [-0.39, 0.29) is 36.7 Å². The number of carbonyl (C=O) groups excluding carboxylic acids is 1. The van der Waals surface area contributed by atoms with Crippen molar-refractivity contribution in [2.24, 2.45) is 0 Å². The van der Waals surface area contributed by atoms with E-state index in [0.29, 0.717) is 0 Å². The highest BCUT2D eigenvalue weighted by atomic mass is 16.5. The number of nitrogens with zero attached hydrogens (tertiary/aromatic N) is 1. The maximum Gasteiger partial charge on any atom is 0.317 e. The molecule has 0 aromatic rings. The summed E-state index contributed by atoms with van der Waals surface area (Å²) in [6, 6.07) is 0.430. The number of carboxylic acid groups (broad SMARTS) is 1. The molecule has 2 atom stereocenters. The first-order valence-corrected chi connectivity index (χ1v) is 7.41. The van der Waals surface area contributed by atoms with E-state index >= 15 is 0 Å². The predicted molar refractivity (Wildman–Crippen MR) is 73.4 cm³/mol. The smallest absolute Gasteiger partial charge is 0.317 e. The predicted octanol–water partition coefficient (Wildman–Crippen LogP) is 0.608. The molecule has 0 bridgehead atoms. The van der Waals surface area contributed by atoms with Gasteiger partial charge >= 0.3 is 5.97 Å². The molecule has 20 heavy (non-hydrogen) atoms. The van der Waals surface area contributed by atoms with Crippen LogP contribution in [0.4, 0.5) is 0 Å². The van der Waals surface area contributed by atoms with Gasteiger partial charge in [0.2, 0.25) is 5.91 Å². The van der Waals surface area contributed by atoms with E-state index in [1.807, 2.05) is 18.7 Å². The summed E-state index contributed by atoms with van der Waals surface area (Å²) < 4.78 is 5.54. The normalized spacial score (nSPS) is 33.0. The van der Waals surface area contributed by atoms with Crippen molar-refractivity contribution in [3.8, 4) is 0 Å². The second kappa shape index (κ2) is 6.54. The minimum absolute atomic E-state index is 0.0147. The Bertz CT molecular complexity index is 368. The third-order valence-electron chi connectivity index (χ3n) is 4.24. The third kappa shape index (κ3) is 3.70. The number of amides is 1. The molecule has 2 N–H and O–H groups in total. The number of carbonyl (C=O) groups is 2. The van der Waals surface area contributed by atoms with E-state index < -0.39 is 5.97 Å². The zero-order chi connectivity index (χ0) is 14.7. The number of aliphatic carboxylic acids is 1. The fourth-order valence-electron chi connectivity index (χ4n) is 2.97. The maximum absolute atomic E-state index is 12.0. The second-order valence-electron chi connectivity index (χ2n) is 5.80. The van der Waals surface area contributed by atoms with Crippen LogP contribution in [0.1, 0.15) is 39.5 Å². The highest BCUT2D eigenvalue weighted by molar-refractivity contribution is 5.81. The Morgan fingerprint density at radius 3 is 2.55 bits per heavy atom. The lowest BCUT2D eigenvalue weighted by Gasteiger charge is -2.42. The number of rotatable bonds is 6. The fraction of sp³-hybridized carbons (Fsp3) is 0.857. The van der Waals surface area contributed by atoms with Crippen LogP contribution in [0.3, 0.4) is 0 Å². The van der Waals surface area contributed by atoms with Crippen LogP contribution in [-0.4, -0.2) is 59.3 Å². The summed E-state index contributed by atoms with van der Waals surface area (Å²) >= 11 is 0. The minimum Gasteiger partial charge on any atom is -0.480 e. The summed E-state index contributed by atoms with van der Waals surface area (Å²) in [6.07, 6.45) is 3.26. The Morgan fingerprint density at radius 1 is 1.35 bits per heavy atom. The summed E-state index contributed by atoms with van der Waals surface area (Å²) in [5, 5.41) is 11.8. The molecule has 2 aliphatic rings. The first kappa shape index (κ1) is 15.3. The molecule has 0 aromatic heterocycles. The van der Waals surface area contributed by atoms with Gasteiger partial charge in [-0.15, -0.1) is 0 Å². The zero-order valence-electron chi connectivity index (χ0n) is 12.2. The van der Waals surface area contributed by atoms with Gasteiger partial charge < -0.3 is 15.2 Å². The van der Waals surface area contributed by atoms with Crippen molar-refractivity contribution in [2.75, 3.05) is 13.1 Å². The van der Waals surface area contributed by atoms with Gasteiger partial charge in [0.15, 0.2) is 0 Å². The average molecular weight is 284 g/mol. The molecule has 114 valence electrons. The van der Waals surface area contributed by atoms with Crippen molar-refractivity contribution < 1.29 is 19.4 Å². The molecule has 1 amide bonds. The molecule has 0 aromatic carbocycles. The van der Waals surface area contributed by atoms with Crippen LogP contribution in [-0.2, 0) is 14.3 Å². The van der Waals surface area contributed by atoms with Gasteiger partial charge in [0.1, 0.15) is 6.10 Å². The molecule has 1 heterocycles. The molecular formula is C14H24N2O4. The highest BCUT2D eigenvalue weighted by Gasteiger charge is 2.37. The van der Waals surface area contributed by atoms with Crippen LogP contribution in [0.15, 0.2) is 0 Å². The monoisotopic (exact) mass is 284 g/mol. The molecule has 1 saturated carbocycles. The van der Waals surface area contributed by atoms with E-state index in [9.17, 15) is 9.59 Å². The summed E-state index contributed by atoms with van der Waals surface area (Å²) in [7, 11) is 0. The van der Waals surface area contributed by atoms with Crippen molar-refractivity contribution in [1.29, 1.82) is 0 Å². The summed E-state index contributed by atoms with van der Waals surface area (Å²) in [5.74, 6) is -0.813. The van der Waals surface area contributed by atoms with Crippen molar-refractivity contribution in [2.45, 2.75) is 63.8 Å². The van der Waals surface area contributed by atoms with Crippen molar-refractivity contribution in [3.63, 3.8) is 0 Å². The van der Waals surface area contributed by atoms with Gasteiger partial charge in [-0.05, 0) is 39.2 Å². The van der Waals surface area contributed by atoms with Crippen LogP contribution in [0.25, 0.3) is 0 Å². The van der Waals surface area contributed by atoms with Crippen LogP contribution in [0.2, 0.25) is 0 Å². The van der Waals surface area contributed by atoms with Gasteiger partial charge in [-0.2, -0.15) is 0 Å². The van der Waals surface area contributed by atoms with Crippen LogP contribution < -0.4 is 5.32 Å². The van der Waals surface area contributed by atoms with Gasteiger partial charge in [0.25, 0.3) is 0 Å². The summed E-state index contributed by atoms with van der Waals surface area (Å²) in [6.45, 7) is 4.74. The van der Waals surface area contributed by atoms with E-state index in [0.717, 1.165) is 32.2 Å². The molecule has 1 aliphatic carbocycles. The van der Waals surface area contributed by atoms with Gasteiger partial charge in [-0.25, -0.2) is 0 Å². The molecule has 0 radical (unpaired) electrons. The van der Waals surface area contributed by atoms with Crippen LogP contribution in [0, 0.1) is 0 Å². The summed E-state index contributed by atoms with van der Waals surface area (Å²) in [4.78, 5) is 24.7. The van der Waals surface area contributed by atoms with Crippen LogP contribution >= 0.6 is 0 Å². The van der Waals surface area contributed by atoms with Gasteiger partial charge in [-0.3, -0.25) is 14.5 Å².